The van der Waals surface area contributed by atoms with Crippen molar-refractivity contribution >= 4 is 23.6 Å². The smallest absolute Gasteiger partial charge is 0.269 e. The number of thioether (sulfide) groups is 1. The van der Waals surface area contributed by atoms with E-state index < -0.39 is 24.0 Å². The van der Waals surface area contributed by atoms with E-state index in [9.17, 15) is 19.8 Å². The Morgan fingerprint density at radius 3 is 2.73 bits per heavy atom. The van der Waals surface area contributed by atoms with Crippen LogP contribution >= 0.6 is 11.8 Å². The van der Waals surface area contributed by atoms with E-state index in [0.29, 0.717) is 6.42 Å². The van der Waals surface area contributed by atoms with Crippen LogP contribution in [0.4, 0.5) is 0 Å². The molecule has 0 heterocycles. The summed E-state index contributed by atoms with van der Waals surface area (Å²) in [6.07, 6.45) is -0.907. The number of phenols is 1. The molecule has 0 aliphatic rings. The number of amides is 2. The molecular weight excluding hydrogens is 306 g/mol. The molecule has 0 fully saturated rings. The largest absolute Gasteiger partial charge is 0.508 e. The number of aliphatic hydroxyl groups excluding tert-OH is 1. The second-order valence-electron chi connectivity index (χ2n) is 4.59. The third-order valence-corrected chi connectivity index (χ3v) is 3.81. The molecule has 122 valence electrons. The maximum atomic E-state index is 11.8. The van der Waals surface area contributed by atoms with Gasteiger partial charge in [0.15, 0.2) is 0 Å². The number of hydrogen-bond donors (Lipinski definition) is 5. The molecule has 2 atom stereocenters. The lowest BCUT2D eigenvalue weighted by atomic mass is 10.1. The molecule has 1 aromatic rings. The molecule has 0 saturated heterocycles. The average Bonchev–Trinajstić information content (AvgIpc) is 2.51. The minimum atomic E-state index is -1.40. The number of benzene rings is 1. The predicted molar refractivity (Wildman–Crippen MR) is 85.3 cm³/mol. The Kier molecular flexibility index (Phi) is 7.72. The van der Waals surface area contributed by atoms with Crippen molar-refractivity contribution in [2.45, 2.75) is 25.5 Å². The first kappa shape index (κ1) is 18.3. The van der Waals surface area contributed by atoms with Crippen molar-refractivity contribution in [2.75, 3.05) is 11.5 Å². The second-order valence-corrected chi connectivity index (χ2v) is 5.98. The van der Waals surface area contributed by atoms with Gasteiger partial charge in [0.25, 0.3) is 11.8 Å². The minimum Gasteiger partial charge on any atom is -0.508 e. The highest BCUT2D eigenvalue weighted by Gasteiger charge is 2.23. The van der Waals surface area contributed by atoms with Crippen LogP contribution in [-0.4, -0.2) is 45.7 Å². The fraction of sp³-hybridized carbons (Fsp3) is 0.429. The van der Waals surface area contributed by atoms with Crippen molar-refractivity contribution in [1.29, 1.82) is 0 Å². The van der Waals surface area contributed by atoms with Gasteiger partial charge < -0.3 is 15.9 Å². The van der Waals surface area contributed by atoms with Crippen LogP contribution in [-0.2, 0) is 4.79 Å². The van der Waals surface area contributed by atoms with Crippen LogP contribution in [0, 0.1) is 0 Å². The van der Waals surface area contributed by atoms with Gasteiger partial charge in [-0.2, -0.15) is 11.8 Å². The van der Waals surface area contributed by atoms with Crippen molar-refractivity contribution in [3.63, 3.8) is 0 Å². The van der Waals surface area contributed by atoms with Crippen molar-refractivity contribution in [3.8, 4) is 5.75 Å². The van der Waals surface area contributed by atoms with Crippen molar-refractivity contribution < 1.29 is 19.8 Å². The van der Waals surface area contributed by atoms with Crippen molar-refractivity contribution in [2.24, 2.45) is 5.73 Å². The van der Waals surface area contributed by atoms with Crippen molar-refractivity contribution in [1.82, 2.24) is 10.9 Å². The minimum absolute atomic E-state index is 0.0607. The van der Waals surface area contributed by atoms with E-state index in [1.807, 2.05) is 6.92 Å². The average molecular weight is 327 g/mol. The maximum absolute atomic E-state index is 11.8. The highest BCUT2D eigenvalue weighted by atomic mass is 32.2. The quantitative estimate of drug-likeness (QED) is 0.354. The highest BCUT2D eigenvalue weighted by Crippen LogP contribution is 2.10. The van der Waals surface area contributed by atoms with Gasteiger partial charge in [0.1, 0.15) is 11.9 Å². The van der Waals surface area contributed by atoms with E-state index >= 15 is 0 Å². The van der Waals surface area contributed by atoms with Gasteiger partial charge in [-0.05, 0) is 36.1 Å². The maximum Gasteiger partial charge on any atom is 0.269 e. The van der Waals surface area contributed by atoms with Crippen LogP contribution < -0.4 is 16.6 Å². The lowest BCUT2D eigenvalue weighted by Crippen LogP contribution is -2.52. The standard InChI is InChI=1S/C14H21N3O4S/c1-2-22-7-6-11(15)12(19)14(21)17-16-13(20)9-4-3-5-10(18)8-9/h3-5,8,11-12,18-19H,2,6-7,15H2,1H3,(H,16,20)(H,17,21)/t11-,12?/m1/s1. The molecule has 0 saturated carbocycles. The number of nitrogens with one attached hydrogen (secondary N) is 2. The summed E-state index contributed by atoms with van der Waals surface area (Å²) in [5.74, 6) is 0.246. The van der Waals surface area contributed by atoms with Crippen LogP contribution in [0.15, 0.2) is 24.3 Å². The number of carbonyl (C=O) groups excluding carboxylic acids is 2. The first-order valence-corrected chi connectivity index (χ1v) is 8.01. The first-order chi connectivity index (χ1) is 10.5. The number of phenolic OH excluding ortho intramolecular Hbond substituents is 1. The summed E-state index contributed by atoms with van der Waals surface area (Å²) < 4.78 is 0. The molecule has 6 N–H and O–H groups in total. The van der Waals surface area contributed by atoms with Gasteiger partial charge in [0, 0.05) is 11.6 Å². The lowest BCUT2D eigenvalue weighted by molar-refractivity contribution is -0.131. The number of aromatic hydroxyl groups is 1. The monoisotopic (exact) mass is 327 g/mol. The van der Waals surface area contributed by atoms with Crippen LogP contribution in [0.3, 0.4) is 0 Å². The number of hydrazine groups is 1. The van der Waals surface area contributed by atoms with Crippen LogP contribution in [0.1, 0.15) is 23.7 Å². The Labute approximate surface area is 133 Å². The van der Waals surface area contributed by atoms with E-state index in [0.717, 1.165) is 11.5 Å². The zero-order valence-electron chi connectivity index (χ0n) is 12.3. The van der Waals surface area contributed by atoms with Gasteiger partial charge in [-0.3, -0.25) is 20.4 Å². The van der Waals surface area contributed by atoms with Crippen LogP contribution in [0.5, 0.6) is 5.75 Å². The molecule has 0 aliphatic carbocycles. The number of hydrogen-bond acceptors (Lipinski definition) is 6. The van der Waals surface area contributed by atoms with Gasteiger partial charge in [-0.15, -0.1) is 0 Å². The Morgan fingerprint density at radius 1 is 1.36 bits per heavy atom. The molecule has 0 spiro atoms. The molecule has 22 heavy (non-hydrogen) atoms. The third kappa shape index (κ3) is 5.92. The third-order valence-electron chi connectivity index (χ3n) is 2.88. The molecule has 0 bridgehead atoms. The zero-order chi connectivity index (χ0) is 16.5. The van der Waals surface area contributed by atoms with Crippen LogP contribution in [0.2, 0.25) is 0 Å². The summed E-state index contributed by atoms with van der Waals surface area (Å²) in [5.41, 5.74) is 10.2. The van der Waals surface area contributed by atoms with Gasteiger partial charge in [0.2, 0.25) is 0 Å². The van der Waals surface area contributed by atoms with E-state index in [1.54, 1.807) is 11.8 Å². The number of aliphatic hydroxyl groups is 1. The molecule has 1 rings (SSSR count). The lowest BCUT2D eigenvalue weighted by Gasteiger charge is -2.18. The first-order valence-electron chi connectivity index (χ1n) is 6.86. The molecule has 0 aromatic heterocycles. The Bertz CT molecular complexity index is 513. The molecule has 7 nitrogen and oxygen atoms in total. The van der Waals surface area contributed by atoms with E-state index in [-0.39, 0.29) is 11.3 Å². The summed E-state index contributed by atoms with van der Waals surface area (Å²) in [7, 11) is 0. The highest BCUT2D eigenvalue weighted by molar-refractivity contribution is 7.99. The fourth-order valence-corrected chi connectivity index (χ4v) is 2.36. The normalized spacial score (nSPS) is 13.2. The fourth-order valence-electron chi connectivity index (χ4n) is 1.63. The molecule has 8 heteroatoms. The van der Waals surface area contributed by atoms with E-state index in [2.05, 4.69) is 10.9 Å². The molecular formula is C14H21N3O4S. The summed E-state index contributed by atoms with van der Waals surface area (Å²) in [6, 6.07) is 4.96. The molecule has 1 aromatic carbocycles. The number of rotatable bonds is 7. The van der Waals surface area contributed by atoms with Crippen molar-refractivity contribution in [3.05, 3.63) is 29.8 Å². The molecule has 2 amide bonds. The Morgan fingerprint density at radius 2 is 2.09 bits per heavy atom. The SMILES string of the molecule is CCSCC[C@@H](N)C(O)C(=O)NNC(=O)c1cccc(O)c1. The van der Waals surface area contributed by atoms with Gasteiger partial charge in [0.05, 0.1) is 0 Å². The summed E-state index contributed by atoms with van der Waals surface area (Å²) in [6.45, 7) is 2.01. The predicted octanol–water partition coefficient (Wildman–Crippen LogP) is -0.0154. The number of nitrogens with two attached hydrogens (primary N) is 1. The zero-order valence-corrected chi connectivity index (χ0v) is 13.1. The van der Waals surface area contributed by atoms with Crippen LogP contribution in [0.25, 0.3) is 0 Å². The van der Waals surface area contributed by atoms with E-state index in [1.165, 1.54) is 24.3 Å². The Balaban J connectivity index is 2.42. The molecule has 0 radical (unpaired) electrons. The van der Waals surface area contributed by atoms with Gasteiger partial charge in [-0.25, -0.2) is 0 Å². The van der Waals surface area contributed by atoms with Gasteiger partial charge >= 0.3 is 0 Å². The molecule has 1 unspecified atom stereocenters. The summed E-state index contributed by atoms with van der Waals surface area (Å²) in [5, 5.41) is 19.1. The number of carbonyl (C=O) groups is 2. The second kappa shape index (κ2) is 9.29. The summed E-state index contributed by atoms with van der Waals surface area (Å²) >= 11 is 1.67. The summed E-state index contributed by atoms with van der Waals surface area (Å²) in [4.78, 5) is 23.5. The van der Waals surface area contributed by atoms with Gasteiger partial charge in [-0.1, -0.05) is 13.0 Å². The van der Waals surface area contributed by atoms with E-state index in [4.69, 9.17) is 5.73 Å². The topological polar surface area (TPSA) is 125 Å². The Hall–Kier alpha value is -1.77. The molecule has 0 aliphatic heterocycles.